The van der Waals surface area contributed by atoms with E-state index in [1.165, 1.54) is 0 Å². The van der Waals surface area contributed by atoms with Crippen molar-refractivity contribution in [2.75, 3.05) is 14.2 Å². The van der Waals surface area contributed by atoms with Crippen LogP contribution in [0.4, 0.5) is 0 Å². The summed E-state index contributed by atoms with van der Waals surface area (Å²) in [5.41, 5.74) is 4.60. The van der Waals surface area contributed by atoms with Gasteiger partial charge in [0.2, 0.25) is 5.91 Å². The summed E-state index contributed by atoms with van der Waals surface area (Å²) in [5.74, 6) is 0.607. The number of furan rings is 1. The first-order valence-corrected chi connectivity index (χ1v) is 6.45. The Morgan fingerprint density at radius 1 is 1.40 bits per heavy atom. The molecule has 1 aromatic heterocycles. The summed E-state index contributed by atoms with van der Waals surface area (Å²) in [6.45, 7) is 5.86. The van der Waals surface area contributed by atoms with Crippen LogP contribution in [0.3, 0.4) is 0 Å². The minimum atomic E-state index is -0.133. The Balaban J connectivity index is 2.71. The number of hydrogen-bond acceptors (Lipinski definition) is 3. The molecule has 1 amide bonds. The molecule has 0 saturated heterocycles. The van der Waals surface area contributed by atoms with Crippen molar-refractivity contribution >= 4 is 22.4 Å². The molecule has 0 aliphatic heterocycles. The zero-order valence-corrected chi connectivity index (χ0v) is 12.5. The van der Waals surface area contributed by atoms with Gasteiger partial charge >= 0.3 is 0 Å². The molecule has 20 heavy (non-hydrogen) atoms. The summed E-state index contributed by atoms with van der Waals surface area (Å²) in [6.07, 6.45) is 3.30. The molecule has 4 nitrogen and oxygen atoms in total. The van der Waals surface area contributed by atoms with E-state index in [9.17, 15) is 4.79 Å². The number of ether oxygens (including phenoxy) is 1. The molecule has 0 fully saturated rings. The first kappa shape index (κ1) is 14.2. The van der Waals surface area contributed by atoms with Gasteiger partial charge in [0, 0.05) is 29.6 Å². The SMILES string of the molecule is CNC(=O)/C=C(\C)c1cc2c(C)coc2c(C)c1OC. The van der Waals surface area contributed by atoms with Gasteiger partial charge in [-0.05, 0) is 38.0 Å². The van der Waals surface area contributed by atoms with E-state index in [2.05, 4.69) is 5.32 Å². The van der Waals surface area contributed by atoms with Crippen molar-refractivity contribution in [2.45, 2.75) is 20.8 Å². The molecule has 0 bridgehead atoms. The second-order valence-corrected chi connectivity index (χ2v) is 4.82. The molecule has 2 aromatic rings. The molecule has 1 heterocycles. The van der Waals surface area contributed by atoms with Gasteiger partial charge < -0.3 is 14.5 Å². The van der Waals surface area contributed by atoms with Crippen LogP contribution >= 0.6 is 0 Å². The fourth-order valence-corrected chi connectivity index (χ4v) is 2.34. The maximum atomic E-state index is 11.5. The van der Waals surface area contributed by atoms with E-state index in [1.807, 2.05) is 26.8 Å². The van der Waals surface area contributed by atoms with Crippen LogP contribution in [0.25, 0.3) is 16.5 Å². The van der Waals surface area contributed by atoms with Crippen LogP contribution in [-0.2, 0) is 4.79 Å². The lowest BCUT2D eigenvalue weighted by Crippen LogP contribution is -2.14. The van der Waals surface area contributed by atoms with E-state index in [4.69, 9.17) is 9.15 Å². The average Bonchev–Trinajstić information content (AvgIpc) is 2.80. The van der Waals surface area contributed by atoms with Crippen LogP contribution in [0.1, 0.15) is 23.6 Å². The Bertz CT molecular complexity index is 695. The number of rotatable bonds is 3. The lowest BCUT2D eigenvalue weighted by Gasteiger charge is -2.12. The number of allylic oxidation sites excluding steroid dienone is 1. The molecular formula is C16H19NO3. The third-order valence-corrected chi connectivity index (χ3v) is 3.46. The molecule has 0 spiro atoms. The third kappa shape index (κ3) is 2.29. The van der Waals surface area contributed by atoms with Gasteiger partial charge in [-0.25, -0.2) is 0 Å². The van der Waals surface area contributed by atoms with Crippen molar-refractivity contribution in [3.63, 3.8) is 0 Å². The predicted molar refractivity (Wildman–Crippen MR) is 80.0 cm³/mol. The lowest BCUT2D eigenvalue weighted by atomic mass is 9.98. The molecule has 106 valence electrons. The van der Waals surface area contributed by atoms with Gasteiger partial charge in [-0.3, -0.25) is 4.79 Å². The molecular weight excluding hydrogens is 254 g/mol. The van der Waals surface area contributed by atoms with Crippen molar-refractivity contribution in [3.8, 4) is 5.75 Å². The Morgan fingerprint density at radius 2 is 2.10 bits per heavy atom. The van der Waals surface area contributed by atoms with E-state index in [0.29, 0.717) is 0 Å². The summed E-state index contributed by atoms with van der Waals surface area (Å²) < 4.78 is 11.1. The normalized spacial score (nSPS) is 11.8. The second kappa shape index (κ2) is 5.41. The minimum Gasteiger partial charge on any atom is -0.496 e. The maximum Gasteiger partial charge on any atom is 0.244 e. The van der Waals surface area contributed by atoms with Gasteiger partial charge in [0.25, 0.3) is 0 Å². The zero-order chi connectivity index (χ0) is 14.9. The summed E-state index contributed by atoms with van der Waals surface area (Å²) >= 11 is 0. The van der Waals surface area contributed by atoms with Crippen molar-refractivity contribution in [1.29, 1.82) is 0 Å². The number of nitrogens with one attached hydrogen (secondary N) is 1. The number of amides is 1. The lowest BCUT2D eigenvalue weighted by molar-refractivity contribution is -0.116. The van der Waals surface area contributed by atoms with Gasteiger partial charge in [0.15, 0.2) is 0 Å². The van der Waals surface area contributed by atoms with Crippen LogP contribution in [0.5, 0.6) is 5.75 Å². The molecule has 0 atom stereocenters. The molecule has 0 unspecified atom stereocenters. The molecule has 0 radical (unpaired) electrons. The monoisotopic (exact) mass is 273 g/mol. The van der Waals surface area contributed by atoms with Gasteiger partial charge in [0.1, 0.15) is 11.3 Å². The van der Waals surface area contributed by atoms with Crippen molar-refractivity contribution in [1.82, 2.24) is 5.32 Å². The Morgan fingerprint density at radius 3 is 2.70 bits per heavy atom. The first-order valence-electron chi connectivity index (χ1n) is 6.45. The number of fused-ring (bicyclic) bond motifs is 1. The van der Waals surface area contributed by atoms with Crippen molar-refractivity contribution < 1.29 is 13.9 Å². The molecule has 2 rings (SSSR count). The molecule has 0 aliphatic carbocycles. The Hall–Kier alpha value is -2.23. The number of likely N-dealkylation sites (N-methyl/N-ethyl adjacent to an activating group) is 1. The van der Waals surface area contributed by atoms with Crippen molar-refractivity contribution in [2.24, 2.45) is 0 Å². The summed E-state index contributed by atoms with van der Waals surface area (Å²) in [6, 6.07) is 2.01. The number of benzene rings is 1. The summed E-state index contributed by atoms with van der Waals surface area (Å²) in [7, 11) is 3.23. The highest BCUT2D eigenvalue weighted by molar-refractivity contribution is 5.98. The predicted octanol–water partition coefficient (Wildman–Crippen LogP) is 3.21. The Kier molecular flexibility index (Phi) is 3.84. The zero-order valence-electron chi connectivity index (χ0n) is 12.5. The number of methoxy groups -OCH3 is 1. The molecule has 1 aromatic carbocycles. The number of carbonyl (C=O) groups is 1. The number of aryl methyl sites for hydroxylation is 2. The molecule has 4 heteroatoms. The Labute approximate surface area is 118 Å². The van der Waals surface area contributed by atoms with Gasteiger partial charge in [-0.1, -0.05) is 0 Å². The highest BCUT2D eigenvalue weighted by Crippen LogP contribution is 2.37. The minimum absolute atomic E-state index is 0.133. The quantitative estimate of drug-likeness (QED) is 0.874. The number of hydrogen-bond donors (Lipinski definition) is 1. The highest BCUT2D eigenvalue weighted by Gasteiger charge is 2.16. The van der Waals surface area contributed by atoms with Gasteiger partial charge in [-0.2, -0.15) is 0 Å². The number of carbonyl (C=O) groups excluding carboxylic acids is 1. The van der Waals surface area contributed by atoms with E-state index in [0.717, 1.165) is 39.0 Å². The van der Waals surface area contributed by atoms with E-state index in [1.54, 1.807) is 26.5 Å². The van der Waals surface area contributed by atoms with E-state index < -0.39 is 0 Å². The fourth-order valence-electron chi connectivity index (χ4n) is 2.34. The van der Waals surface area contributed by atoms with E-state index >= 15 is 0 Å². The highest BCUT2D eigenvalue weighted by atomic mass is 16.5. The summed E-state index contributed by atoms with van der Waals surface area (Å²) in [4.78, 5) is 11.5. The average molecular weight is 273 g/mol. The standard InChI is InChI=1S/C16H19NO3/c1-9(6-14(18)17-4)12-7-13-10(2)8-20-16(13)11(3)15(12)19-5/h6-8H,1-5H3,(H,17,18)/b9-6+. The largest absolute Gasteiger partial charge is 0.496 e. The van der Waals surface area contributed by atoms with Crippen LogP contribution in [0.15, 0.2) is 22.8 Å². The molecule has 0 saturated carbocycles. The van der Waals surface area contributed by atoms with Crippen LogP contribution in [0, 0.1) is 13.8 Å². The second-order valence-electron chi connectivity index (χ2n) is 4.82. The first-order chi connectivity index (χ1) is 9.49. The van der Waals surface area contributed by atoms with Crippen molar-refractivity contribution in [3.05, 3.63) is 35.1 Å². The van der Waals surface area contributed by atoms with Crippen LogP contribution in [0.2, 0.25) is 0 Å². The molecule has 1 N–H and O–H groups in total. The van der Waals surface area contributed by atoms with Crippen LogP contribution in [-0.4, -0.2) is 20.1 Å². The molecule has 0 aliphatic rings. The van der Waals surface area contributed by atoms with E-state index in [-0.39, 0.29) is 5.91 Å². The van der Waals surface area contributed by atoms with Gasteiger partial charge in [-0.15, -0.1) is 0 Å². The fraction of sp³-hybridized carbons (Fsp3) is 0.312. The summed E-state index contributed by atoms with van der Waals surface area (Å²) in [5, 5.41) is 3.63. The van der Waals surface area contributed by atoms with Crippen LogP contribution < -0.4 is 10.1 Å². The van der Waals surface area contributed by atoms with Gasteiger partial charge in [0.05, 0.1) is 13.4 Å². The smallest absolute Gasteiger partial charge is 0.244 e. The third-order valence-electron chi connectivity index (χ3n) is 3.46. The topological polar surface area (TPSA) is 51.5 Å². The maximum absolute atomic E-state index is 11.5.